The van der Waals surface area contributed by atoms with Crippen LogP contribution in [0.4, 0.5) is 5.82 Å². The average Bonchev–Trinajstić information content (AvgIpc) is 2.68. The Balaban J connectivity index is 1.52. The van der Waals surface area contributed by atoms with E-state index in [1.807, 2.05) is 24.3 Å². The summed E-state index contributed by atoms with van der Waals surface area (Å²) in [6.45, 7) is 1.46. The van der Waals surface area contributed by atoms with E-state index in [1.165, 1.54) is 30.9 Å². The minimum Gasteiger partial charge on any atom is -0.452 e. The molecule has 3 rings (SSSR count). The fourth-order valence-corrected chi connectivity index (χ4v) is 3.20. The van der Waals surface area contributed by atoms with Crippen molar-refractivity contribution in [1.29, 1.82) is 0 Å². The molecule has 2 aromatic heterocycles. The van der Waals surface area contributed by atoms with Gasteiger partial charge in [0.05, 0.1) is 33.0 Å². The van der Waals surface area contributed by atoms with Crippen LogP contribution < -0.4 is 5.32 Å². The van der Waals surface area contributed by atoms with Crippen molar-refractivity contribution in [3.63, 3.8) is 0 Å². The number of para-hydroxylation sites is 2. The van der Waals surface area contributed by atoms with Crippen molar-refractivity contribution < 1.29 is 14.3 Å². The van der Waals surface area contributed by atoms with Gasteiger partial charge in [-0.15, -0.1) is 0 Å². The molecule has 1 aromatic carbocycles. The number of anilines is 1. The summed E-state index contributed by atoms with van der Waals surface area (Å²) in [6, 6.07) is 8.88. The van der Waals surface area contributed by atoms with Crippen molar-refractivity contribution >= 4 is 63.7 Å². The van der Waals surface area contributed by atoms with E-state index in [4.69, 9.17) is 27.9 Å². The van der Waals surface area contributed by atoms with E-state index in [2.05, 4.69) is 20.3 Å². The molecule has 0 fully saturated rings. The Bertz CT molecular complexity index is 1030. The average molecular weight is 437 g/mol. The highest BCUT2D eigenvalue weighted by Gasteiger charge is 2.19. The van der Waals surface area contributed by atoms with Crippen LogP contribution in [0.15, 0.2) is 47.8 Å². The van der Waals surface area contributed by atoms with Crippen LogP contribution in [0.5, 0.6) is 0 Å². The molecule has 2 heterocycles. The van der Waals surface area contributed by atoms with Gasteiger partial charge in [-0.25, -0.2) is 9.97 Å². The number of halogens is 2. The zero-order valence-corrected chi connectivity index (χ0v) is 16.9. The molecule has 3 aromatic rings. The summed E-state index contributed by atoms with van der Waals surface area (Å²) >= 11 is 12.9. The number of thioether (sulfide) groups is 1. The van der Waals surface area contributed by atoms with E-state index in [1.54, 1.807) is 6.20 Å². The third-order valence-electron chi connectivity index (χ3n) is 3.49. The van der Waals surface area contributed by atoms with Crippen molar-refractivity contribution in [2.75, 3.05) is 11.1 Å². The standard InChI is InChI=1S/C18H14Cl2N4O3S/c1-10(18(26)24-17-12(20)6-11(19)7-22-17)27-16(25)9-28-15-8-21-13-4-2-3-5-14(13)23-15/h2-8,10H,9H2,1H3,(H,22,24,26)/t10-/m0/s1. The Labute approximate surface area is 174 Å². The van der Waals surface area contributed by atoms with Gasteiger partial charge in [-0.1, -0.05) is 47.1 Å². The first-order valence-corrected chi connectivity index (χ1v) is 9.82. The van der Waals surface area contributed by atoms with E-state index in [0.29, 0.717) is 10.0 Å². The first kappa shape index (κ1) is 20.3. The number of carbonyl (C=O) groups is 2. The van der Waals surface area contributed by atoms with Crippen LogP contribution in [0.3, 0.4) is 0 Å². The number of hydrogen-bond donors (Lipinski definition) is 1. The number of amides is 1. The summed E-state index contributed by atoms with van der Waals surface area (Å²) < 4.78 is 5.14. The highest BCUT2D eigenvalue weighted by Crippen LogP contribution is 2.23. The predicted octanol–water partition coefficient (Wildman–Crippen LogP) is 3.99. The molecule has 0 saturated heterocycles. The molecule has 10 heteroatoms. The van der Waals surface area contributed by atoms with Crippen molar-refractivity contribution in [2.24, 2.45) is 0 Å². The molecule has 0 radical (unpaired) electrons. The lowest BCUT2D eigenvalue weighted by Crippen LogP contribution is -2.31. The number of carbonyl (C=O) groups excluding carboxylic acids is 2. The zero-order chi connectivity index (χ0) is 20.1. The van der Waals surface area contributed by atoms with Crippen LogP contribution in [-0.2, 0) is 14.3 Å². The minimum absolute atomic E-state index is 0.00933. The quantitative estimate of drug-likeness (QED) is 0.460. The molecule has 0 aliphatic rings. The van der Waals surface area contributed by atoms with Gasteiger partial charge in [0.15, 0.2) is 11.9 Å². The fraction of sp³-hybridized carbons (Fsp3) is 0.167. The van der Waals surface area contributed by atoms with Crippen LogP contribution in [0.2, 0.25) is 10.0 Å². The second-order valence-electron chi connectivity index (χ2n) is 5.59. The number of nitrogens with zero attached hydrogens (tertiary/aromatic N) is 3. The summed E-state index contributed by atoms with van der Waals surface area (Å²) in [5, 5.41) is 3.61. The summed E-state index contributed by atoms with van der Waals surface area (Å²) in [5.74, 6) is -0.983. The highest BCUT2D eigenvalue weighted by atomic mass is 35.5. The van der Waals surface area contributed by atoms with Gasteiger partial charge in [-0.2, -0.15) is 0 Å². The van der Waals surface area contributed by atoms with Gasteiger partial charge in [-0.05, 0) is 25.1 Å². The van der Waals surface area contributed by atoms with Crippen LogP contribution in [0.25, 0.3) is 11.0 Å². The molecule has 1 atom stereocenters. The maximum Gasteiger partial charge on any atom is 0.317 e. The topological polar surface area (TPSA) is 94.1 Å². The van der Waals surface area contributed by atoms with E-state index < -0.39 is 18.0 Å². The van der Waals surface area contributed by atoms with Gasteiger partial charge < -0.3 is 10.1 Å². The second kappa shape index (κ2) is 9.18. The molecular formula is C18H14Cl2N4O3S. The van der Waals surface area contributed by atoms with E-state index in [9.17, 15) is 9.59 Å². The van der Waals surface area contributed by atoms with Crippen LogP contribution >= 0.6 is 35.0 Å². The second-order valence-corrected chi connectivity index (χ2v) is 7.43. The van der Waals surface area contributed by atoms with Crippen molar-refractivity contribution in [2.45, 2.75) is 18.1 Å². The van der Waals surface area contributed by atoms with E-state index >= 15 is 0 Å². The molecule has 144 valence electrons. The van der Waals surface area contributed by atoms with Crippen LogP contribution in [0.1, 0.15) is 6.92 Å². The highest BCUT2D eigenvalue weighted by molar-refractivity contribution is 7.99. The predicted molar refractivity (Wildman–Crippen MR) is 109 cm³/mol. The lowest BCUT2D eigenvalue weighted by atomic mass is 10.3. The molecule has 1 amide bonds. The summed E-state index contributed by atoms with van der Waals surface area (Å²) in [7, 11) is 0. The number of ether oxygens (including phenoxy) is 1. The van der Waals surface area contributed by atoms with E-state index in [-0.39, 0.29) is 16.6 Å². The lowest BCUT2D eigenvalue weighted by molar-refractivity contribution is -0.150. The van der Waals surface area contributed by atoms with Gasteiger partial charge in [0.2, 0.25) is 0 Å². The number of pyridine rings is 1. The van der Waals surface area contributed by atoms with Crippen molar-refractivity contribution in [3.8, 4) is 0 Å². The Morgan fingerprint density at radius 1 is 1.18 bits per heavy atom. The molecule has 28 heavy (non-hydrogen) atoms. The number of rotatable bonds is 6. The monoisotopic (exact) mass is 436 g/mol. The molecule has 0 aliphatic carbocycles. The maximum absolute atomic E-state index is 12.2. The van der Waals surface area contributed by atoms with Crippen LogP contribution in [0, 0.1) is 0 Å². The number of fused-ring (bicyclic) bond motifs is 1. The number of hydrogen-bond acceptors (Lipinski definition) is 7. The summed E-state index contributed by atoms with van der Waals surface area (Å²) in [4.78, 5) is 36.8. The number of nitrogens with one attached hydrogen (secondary N) is 1. The molecule has 0 unspecified atom stereocenters. The zero-order valence-electron chi connectivity index (χ0n) is 14.6. The first-order valence-electron chi connectivity index (χ1n) is 8.08. The van der Waals surface area contributed by atoms with Gasteiger partial charge >= 0.3 is 5.97 Å². The number of aromatic nitrogens is 3. The Kier molecular flexibility index (Phi) is 6.66. The van der Waals surface area contributed by atoms with Crippen LogP contribution in [-0.4, -0.2) is 38.7 Å². The Morgan fingerprint density at radius 2 is 1.93 bits per heavy atom. The Morgan fingerprint density at radius 3 is 2.68 bits per heavy atom. The molecule has 0 bridgehead atoms. The molecule has 0 aliphatic heterocycles. The van der Waals surface area contributed by atoms with Gasteiger partial charge in [0.1, 0.15) is 5.03 Å². The summed E-state index contributed by atoms with van der Waals surface area (Å²) in [5.41, 5.74) is 1.51. The molecular weight excluding hydrogens is 423 g/mol. The van der Waals surface area contributed by atoms with Gasteiger partial charge in [0, 0.05) is 6.20 Å². The van der Waals surface area contributed by atoms with Gasteiger partial charge in [0.25, 0.3) is 5.91 Å². The smallest absolute Gasteiger partial charge is 0.317 e. The fourth-order valence-electron chi connectivity index (χ4n) is 2.15. The SMILES string of the molecule is C[C@H](OC(=O)CSc1cnc2ccccc2n1)C(=O)Nc1ncc(Cl)cc1Cl. The van der Waals surface area contributed by atoms with E-state index in [0.717, 1.165) is 11.0 Å². The van der Waals surface area contributed by atoms with Crippen molar-refractivity contribution in [3.05, 3.63) is 52.8 Å². The number of benzene rings is 1. The molecule has 0 saturated carbocycles. The third kappa shape index (κ3) is 5.31. The third-order valence-corrected chi connectivity index (χ3v) is 4.86. The number of esters is 1. The molecule has 7 nitrogen and oxygen atoms in total. The normalized spacial score (nSPS) is 11.8. The maximum atomic E-state index is 12.2. The summed E-state index contributed by atoms with van der Waals surface area (Å²) in [6.07, 6.45) is 1.91. The van der Waals surface area contributed by atoms with Crippen molar-refractivity contribution in [1.82, 2.24) is 15.0 Å². The minimum atomic E-state index is -1.02. The lowest BCUT2D eigenvalue weighted by Gasteiger charge is -2.13. The molecule has 1 N–H and O–H groups in total. The molecule has 0 spiro atoms. The largest absolute Gasteiger partial charge is 0.452 e. The first-order chi connectivity index (χ1) is 13.4. The Hall–Kier alpha value is -2.42. The van der Waals surface area contributed by atoms with Gasteiger partial charge in [-0.3, -0.25) is 14.6 Å².